The number of thiophene rings is 1. The average molecular weight is 385 g/mol. The molecule has 0 unspecified atom stereocenters. The highest BCUT2D eigenvalue weighted by Crippen LogP contribution is 2.35. The van der Waals surface area contributed by atoms with Crippen LogP contribution in [0.1, 0.15) is 30.6 Å². The van der Waals surface area contributed by atoms with Gasteiger partial charge in [0.25, 0.3) is 5.69 Å². The second-order valence-corrected chi connectivity index (χ2v) is 8.32. The van der Waals surface area contributed by atoms with Crippen LogP contribution in [0.15, 0.2) is 41.8 Å². The summed E-state index contributed by atoms with van der Waals surface area (Å²) >= 11 is 1.70. The van der Waals surface area contributed by atoms with Crippen molar-refractivity contribution in [3.63, 3.8) is 0 Å². The summed E-state index contributed by atoms with van der Waals surface area (Å²) in [5, 5.41) is 13.3. The van der Waals surface area contributed by atoms with E-state index in [2.05, 4.69) is 16.3 Å². The molecule has 1 amide bonds. The van der Waals surface area contributed by atoms with Gasteiger partial charge in [-0.3, -0.25) is 14.9 Å². The Balaban J connectivity index is 1.41. The molecule has 7 heteroatoms. The van der Waals surface area contributed by atoms with Crippen molar-refractivity contribution >= 4 is 28.6 Å². The van der Waals surface area contributed by atoms with Crippen molar-refractivity contribution < 1.29 is 9.72 Å². The largest absolute Gasteiger partial charge is 0.366 e. The van der Waals surface area contributed by atoms with E-state index >= 15 is 0 Å². The summed E-state index contributed by atoms with van der Waals surface area (Å²) in [7, 11) is 0. The highest BCUT2D eigenvalue weighted by molar-refractivity contribution is 7.09. The first-order chi connectivity index (χ1) is 13.1. The zero-order valence-corrected chi connectivity index (χ0v) is 15.9. The number of nitrogens with zero attached hydrogens (tertiary/aromatic N) is 3. The molecule has 0 bridgehead atoms. The number of piperidine rings is 1. The second kappa shape index (κ2) is 7.68. The summed E-state index contributed by atoms with van der Waals surface area (Å²) < 4.78 is 0. The number of hydrogen-bond donors (Lipinski definition) is 0. The lowest BCUT2D eigenvalue weighted by Crippen LogP contribution is -2.43. The predicted molar refractivity (Wildman–Crippen MR) is 106 cm³/mol. The van der Waals surface area contributed by atoms with Gasteiger partial charge in [0.2, 0.25) is 5.91 Å². The molecule has 142 valence electrons. The summed E-state index contributed by atoms with van der Waals surface area (Å²) in [4.78, 5) is 29.4. The maximum Gasteiger partial charge on any atom is 0.292 e. The van der Waals surface area contributed by atoms with E-state index in [0.717, 1.165) is 25.7 Å². The SMILES string of the molecule is O=C(C1CCN(c2ccccc2[N+](=O)[O-])CC1)N(Cc1cccs1)C1CC1. The molecule has 1 aliphatic heterocycles. The molecule has 1 aromatic heterocycles. The molecular weight excluding hydrogens is 362 g/mol. The van der Waals surface area contributed by atoms with Crippen LogP contribution in [0.3, 0.4) is 0 Å². The molecule has 0 radical (unpaired) electrons. The van der Waals surface area contributed by atoms with Crippen molar-refractivity contribution in [3.8, 4) is 0 Å². The number of benzene rings is 1. The van der Waals surface area contributed by atoms with E-state index in [1.807, 2.05) is 17.0 Å². The van der Waals surface area contributed by atoms with Crippen molar-refractivity contribution in [2.75, 3.05) is 18.0 Å². The topological polar surface area (TPSA) is 66.7 Å². The average Bonchev–Trinajstić information content (AvgIpc) is 3.41. The molecule has 2 heterocycles. The van der Waals surface area contributed by atoms with Gasteiger partial charge in [0.15, 0.2) is 0 Å². The van der Waals surface area contributed by atoms with Gasteiger partial charge in [-0.15, -0.1) is 11.3 Å². The lowest BCUT2D eigenvalue weighted by atomic mass is 9.94. The number of nitro benzene ring substituents is 1. The molecule has 4 rings (SSSR count). The van der Waals surface area contributed by atoms with Crippen LogP contribution in [0.2, 0.25) is 0 Å². The lowest BCUT2D eigenvalue weighted by Gasteiger charge is -2.35. The van der Waals surface area contributed by atoms with Crippen molar-refractivity contribution in [3.05, 3.63) is 56.8 Å². The monoisotopic (exact) mass is 385 g/mol. The van der Waals surface area contributed by atoms with Gasteiger partial charge in [0.1, 0.15) is 5.69 Å². The first-order valence-electron chi connectivity index (χ1n) is 9.44. The lowest BCUT2D eigenvalue weighted by molar-refractivity contribution is -0.384. The number of para-hydroxylation sites is 2. The third-order valence-corrected chi connectivity index (χ3v) is 6.30. The first-order valence-corrected chi connectivity index (χ1v) is 10.3. The van der Waals surface area contributed by atoms with Crippen molar-refractivity contribution in [1.82, 2.24) is 4.90 Å². The Morgan fingerprint density at radius 3 is 2.52 bits per heavy atom. The number of nitro groups is 1. The van der Waals surface area contributed by atoms with Crippen LogP contribution in [0.5, 0.6) is 0 Å². The number of anilines is 1. The van der Waals surface area contributed by atoms with Gasteiger partial charge >= 0.3 is 0 Å². The highest BCUT2D eigenvalue weighted by atomic mass is 32.1. The first kappa shape index (κ1) is 18.0. The Morgan fingerprint density at radius 2 is 1.89 bits per heavy atom. The number of rotatable bonds is 6. The minimum atomic E-state index is -0.331. The van der Waals surface area contributed by atoms with E-state index in [9.17, 15) is 14.9 Å². The highest BCUT2D eigenvalue weighted by Gasteiger charge is 2.37. The summed E-state index contributed by atoms with van der Waals surface area (Å²) in [6.45, 7) is 2.07. The fraction of sp³-hybridized carbons (Fsp3) is 0.450. The van der Waals surface area contributed by atoms with Crippen molar-refractivity contribution in [2.45, 2.75) is 38.3 Å². The Kier molecular flexibility index (Phi) is 5.11. The van der Waals surface area contributed by atoms with E-state index in [4.69, 9.17) is 0 Å². The summed E-state index contributed by atoms with van der Waals surface area (Å²) in [5.74, 6) is 0.276. The van der Waals surface area contributed by atoms with Crippen LogP contribution in [-0.2, 0) is 11.3 Å². The number of amides is 1. The molecule has 1 saturated heterocycles. The Hall–Kier alpha value is -2.41. The van der Waals surface area contributed by atoms with Crippen LogP contribution in [0, 0.1) is 16.0 Å². The molecule has 0 atom stereocenters. The molecule has 2 aliphatic rings. The third kappa shape index (κ3) is 3.98. The summed E-state index contributed by atoms with van der Waals surface area (Å²) in [6, 6.07) is 11.4. The molecule has 2 fully saturated rings. The molecular formula is C20H23N3O3S. The molecule has 0 N–H and O–H groups in total. The Morgan fingerprint density at radius 1 is 1.15 bits per heavy atom. The Bertz CT molecular complexity index is 812. The maximum absolute atomic E-state index is 13.1. The second-order valence-electron chi connectivity index (χ2n) is 7.28. The van der Waals surface area contributed by atoms with E-state index in [1.165, 1.54) is 4.88 Å². The predicted octanol–water partition coefficient (Wildman–Crippen LogP) is 4.06. The van der Waals surface area contributed by atoms with Crippen molar-refractivity contribution in [2.24, 2.45) is 5.92 Å². The van der Waals surface area contributed by atoms with Gasteiger partial charge in [-0.25, -0.2) is 0 Å². The standard InChI is InChI=1S/C20H23N3O3S/c24-20(22(16-7-8-16)14-17-4-3-13-27-17)15-9-11-21(12-10-15)18-5-1-2-6-19(18)23(25)26/h1-6,13,15-16H,7-12,14H2. The Labute approximate surface area is 162 Å². The maximum atomic E-state index is 13.1. The number of hydrogen-bond acceptors (Lipinski definition) is 5. The summed E-state index contributed by atoms with van der Waals surface area (Å²) in [6.07, 6.45) is 3.70. The zero-order valence-electron chi connectivity index (χ0n) is 15.1. The molecule has 1 saturated carbocycles. The normalized spacial score (nSPS) is 17.7. The van der Waals surface area contributed by atoms with E-state index in [-0.39, 0.29) is 22.4 Å². The van der Waals surface area contributed by atoms with Gasteiger partial charge in [-0.05, 0) is 43.2 Å². The number of carbonyl (C=O) groups excluding carboxylic acids is 1. The van der Waals surface area contributed by atoms with Gasteiger partial charge in [0.05, 0.1) is 11.5 Å². The van der Waals surface area contributed by atoms with Crippen molar-refractivity contribution in [1.29, 1.82) is 0 Å². The fourth-order valence-electron chi connectivity index (χ4n) is 3.83. The molecule has 2 aromatic rings. The van der Waals surface area contributed by atoms with Gasteiger partial charge in [-0.1, -0.05) is 18.2 Å². The molecule has 0 spiro atoms. The van der Waals surface area contributed by atoms with Gasteiger partial charge < -0.3 is 9.80 Å². The molecule has 6 nitrogen and oxygen atoms in total. The third-order valence-electron chi connectivity index (χ3n) is 5.44. The fourth-order valence-corrected chi connectivity index (χ4v) is 4.53. The van der Waals surface area contributed by atoms with E-state index in [0.29, 0.717) is 31.4 Å². The minimum Gasteiger partial charge on any atom is -0.366 e. The molecule has 1 aromatic carbocycles. The van der Waals surface area contributed by atoms with Gasteiger partial charge in [0, 0.05) is 36.0 Å². The summed E-state index contributed by atoms with van der Waals surface area (Å²) in [5.41, 5.74) is 0.797. The zero-order chi connectivity index (χ0) is 18.8. The van der Waals surface area contributed by atoms with Crippen LogP contribution in [-0.4, -0.2) is 34.9 Å². The smallest absolute Gasteiger partial charge is 0.292 e. The number of carbonyl (C=O) groups is 1. The van der Waals surface area contributed by atoms with Crippen LogP contribution in [0.25, 0.3) is 0 Å². The van der Waals surface area contributed by atoms with E-state index < -0.39 is 0 Å². The van der Waals surface area contributed by atoms with E-state index in [1.54, 1.807) is 29.5 Å². The molecule has 1 aliphatic carbocycles. The van der Waals surface area contributed by atoms with Gasteiger partial charge in [-0.2, -0.15) is 0 Å². The minimum absolute atomic E-state index is 0.0181. The van der Waals surface area contributed by atoms with Crippen LogP contribution in [0.4, 0.5) is 11.4 Å². The molecule has 27 heavy (non-hydrogen) atoms. The van der Waals surface area contributed by atoms with Crippen LogP contribution < -0.4 is 4.90 Å². The quantitative estimate of drug-likeness (QED) is 0.555. The van der Waals surface area contributed by atoms with Crippen LogP contribution >= 0.6 is 11.3 Å².